The lowest BCUT2D eigenvalue weighted by molar-refractivity contribution is 0.0549. The van der Waals surface area contributed by atoms with Crippen molar-refractivity contribution in [3.63, 3.8) is 0 Å². The zero-order valence-corrected chi connectivity index (χ0v) is 13.4. The van der Waals surface area contributed by atoms with E-state index in [9.17, 15) is 9.90 Å². The van der Waals surface area contributed by atoms with Gasteiger partial charge in [-0.3, -0.25) is 4.79 Å². The van der Waals surface area contributed by atoms with Crippen molar-refractivity contribution in [3.8, 4) is 0 Å². The van der Waals surface area contributed by atoms with E-state index in [1.165, 1.54) is 0 Å². The Morgan fingerprint density at radius 2 is 2.26 bits per heavy atom. The Morgan fingerprint density at radius 1 is 1.43 bits per heavy atom. The SMILES string of the molecule is O=C(NCC1(O)CSCc2ccccc21)c1cc(C2CC2)on1. The predicted molar refractivity (Wildman–Crippen MR) is 87.3 cm³/mol. The highest BCUT2D eigenvalue weighted by Gasteiger charge is 2.35. The van der Waals surface area contributed by atoms with Crippen LogP contribution in [0.3, 0.4) is 0 Å². The fourth-order valence-electron chi connectivity index (χ4n) is 2.93. The molecular formula is C17H18N2O3S. The number of aliphatic hydroxyl groups is 1. The van der Waals surface area contributed by atoms with Gasteiger partial charge in [0, 0.05) is 23.5 Å². The van der Waals surface area contributed by atoms with Crippen LogP contribution < -0.4 is 5.32 Å². The first-order valence-electron chi connectivity index (χ1n) is 7.79. The Morgan fingerprint density at radius 3 is 3.09 bits per heavy atom. The molecule has 0 saturated heterocycles. The van der Waals surface area contributed by atoms with Crippen LogP contribution in [-0.4, -0.2) is 28.5 Å². The Bertz CT molecular complexity index is 741. The van der Waals surface area contributed by atoms with Crippen LogP contribution in [0.4, 0.5) is 0 Å². The minimum Gasteiger partial charge on any atom is -0.382 e. The molecule has 120 valence electrons. The summed E-state index contributed by atoms with van der Waals surface area (Å²) in [6.45, 7) is 0.168. The molecule has 5 nitrogen and oxygen atoms in total. The highest BCUT2D eigenvalue weighted by atomic mass is 32.2. The van der Waals surface area contributed by atoms with Crippen LogP contribution in [0.1, 0.15) is 46.1 Å². The molecule has 4 rings (SSSR count). The molecule has 0 radical (unpaired) electrons. The number of carbonyl (C=O) groups excluding carboxylic acids is 1. The first kappa shape index (κ1) is 14.8. The summed E-state index contributed by atoms with van der Waals surface area (Å²) >= 11 is 1.67. The van der Waals surface area contributed by atoms with Gasteiger partial charge in [0.25, 0.3) is 5.91 Å². The Hall–Kier alpha value is -1.79. The standard InChI is InChI=1S/C17H18N2O3S/c20-16(14-7-15(22-19-14)11-5-6-11)18-9-17(21)10-23-8-12-3-1-2-4-13(12)17/h1-4,7,11,21H,5-6,8-10H2,(H,18,20). The zero-order chi connectivity index (χ0) is 15.9. The molecule has 1 aliphatic carbocycles. The van der Waals surface area contributed by atoms with Gasteiger partial charge in [-0.25, -0.2) is 0 Å². The molecule has 2 heterocycles. The number of hydrogen-bond donors (Lipinski definition) is 2. The van der Waals surface area contributed by atoms with E-state index in [1.807, 2.05) is 24.3 Å². The second-order valence-electron chi connectivity index (χ2n) is 6.25. The van der Waals surface area contributed by atoms with Gasteiger partial charge < -0.3 is 14.9 Å². The van der Waals surface area contributed by atoms with Gasteiger partial charge in [-0.1, -0.05) is 29.4 Å². The normalized spacial score (nSPS) is 23.3. The van der Waals surface area contributed by atoms with Crippen molar-refractivity contribution in [1.82, 2.24) is 10.5 Å². The number of carbonyl (C=O) groups is 1. The first-order valence-corrected chi connectivity index (χ1v) is 8.94. The average Bonchev–Trinajstić information content (AvgIpc) is 3.30. The molecule has 2 aromatic rings. The van der Waals surface area contributed by atoms with Crippen molar-refractivity contribution in [3.05, 3.63) is 52.9 Å². The largest absolute Gasteiger partial charge is 0.382 e. The quantitative estimate of drug-likeness (QED) is 0.900. The number of aromatic nitrogens is 1. The van der Waals surface area contributed by atoms with E-state index >= 15 is 0 Å². The second kappa shape index (κ2) is 5.69. The Kier molecular flexibility index (Phi) is 3.66. The van der Waals surface area contributed by atoms with Crippen LogP contribution >= 0.6 is 11.8 Å². The van der Waals surface area contributed by atoms with E-state index in [1.54, 1.807) is 17.8 Å². The number of fused-ring (bicyclic) bond motifs is 1. The maximum Gasteiger partial charge on any atom is 0.273 e. The minimum atomic E-state index is -1.04. The van der Waals surface area contributed by atoms with E-state index < -0.39 is 5.60 Å². The number of amides is 1. The second-order valence-corrected chi connectivity index (χ2v) is 7.24. The van der Waals surface area contributed by atoms with Crippen LogP contribution in [0, 0.1) is 0 Å². The van der Waals surface area contributed by atoms with Crippen molar-refractivity contribution >= 4 is 17.7 Å². The number of thioether (sulfide) groups is 1. The molecule has 1 unspecified atom stereocenters. The lowest BCUT2D eigenvalue weighted by Gasteiger charge is -2.34. The van der Waals surface area contributed by atoms with Gasteiger partial charge in [-0.2, -0.15) is 11.8 Å². The van der Waals surface area contributed by atoms with Crippen molar-refractivity contribution in [2.24, 2.45) is 0 Å². The van der Waals surface area contributed by atoms with Crippen molar-refractivity contribution in [1.29, 1.82) is 0 Å². The topological polar surface area (TPSA) is 75.4 Å². The average molecular weight is 330 g/mol. The summed E-state index contributed by atoms with van der Waals surface area (Å²) < 4.78 is 5.21. The van der Waals surface area contributed by atoms with Gasteiger partial charge in [-0.15, -0.1) is 0 Å². The molecule has 1 aromatic heterocycles. The van der Waals surface area contributed by atoms with Crippen LogP contribution in [0.15, 0.2) is 34.9 Å². The molecular weight excluding hydrogens is 312 g/mol. The highest BCUT2D eigenvalue weighted by molar-refractivity contribution is 7.98. The lowest BCUT2D eigenvalue weighted by Crippen LogP contribution is -2.44. The summed E-state index contributed by atoms with van der Waals surface area (Å²) in [5, 5.41) is 17.6. The number of nitrogens with zero attached hydrogens (tertiary/aromatic N) is 1. The van der Waals surface area contributed by atoms with E-state index in [0.717, 1.165) is 35.5 Å². The fraction of sp³-hybridized carbons (Fsp3) is 0.412. The fourth-order valence-corrected chi connectivity index (χ4v) is 4.10. The van der Waals surface area contributed by atoms with Crippen molar-refractivity contribution in [2.75, 3.05) is 12.3 Å². The van der Waals surface area contributed by atoms with Gasteiger partial charge >= 0.3 is 0 Å². The van der Waals surface area contributed by atoms with E-state index in [2.05, 4.69) is 10.5 Å². The number of benzene rings is 1. The van der Waals surface area contributed by atoms with Crippen LogP contribution in [0.2, 0.25) is 0 Å². The minimum absolute atomic E-state index is 0.168. The molecule has 1 aliphatic heterocycles. The van der Waals surface area contributed by atoms with Crippen LogP contribution in [-0.2, 0) is 11.4 Å². The third-order valence-corrected chi connectivity index (χ3v) is 5.60. The summed E-state index contributed by atoms with van der Waals surface area (Å²) in [6, 6.07) is 9.55. The molecule has 1 fully saturated rings. The lowest BCUT2D eigenvalue weighted by atomic mass is 9.91. The van der Waals surface area contributed by atoms with Gasteiger partial charge in [0.1, 0.15) is 11.4 Å². The van der Waals surface area contributed by atoms with E-state index in [0.29, 0.717) is 11.7 Å². The van der Waals surface area contributed by atoms with Gasteiger partial charge in [0.05, 0.1) is 6.54 Å². The van der Waals surface area contributed by atoms with Gasteiger partial charge in [-0.05, 0) is 24.0 Å². The van der Waals surface area contributed by atoms with Crippen molar-refractivity contribution < 1.29 is 14.4 Å². The van der Waals surface area contributed by atoms with Gasteiger partial charge in [0.2, 0.25) is 0 Å². The maximum atomic E-state index is 12.2. The summed E-state index contributed by atoms with van der Waals surface area (Å²) in [4.78, 5) is 12.2. The number of rotatable bonds is 4. The third-order valence-electron chi connectivity index (χ3n) is 4.40. The summed E-state index contributed by atoms with van der Waals surface area (Å²) in [6.07, 6.45) is 2.20. The molecule has 23 heavy (non-hydrogen) atoms. The first-order chi connectivity index (χ1) is 11.2. The monoisotopic (exact) mass is 330 g/mol. The summed E-state index contributed by atoms with van der Waals surface area (Å²) in [5.74, 6) is 2.36. The molecule has 1 saturated carbocycles. The highest BCUT2D eigenvalue weighted by Crippen LogP contribution is 2.40. The number of hydrogen-bond acceptors (Lipinski definition) is 5. The third kappa shape index (κ3) is 2.88. The molecule has 2 aliphatic rings. The molecule has 2 N–H and O–H groups in total. The smallest absolute Gasteiger partial charge is 0.273 e. The Labute approximate surface area is 138 Å². The van der Waals surface area contributed by atoms with Gasteiger partial charge in [0.15, 0.2) is 5.69 Å². The molecule has 0 spiro atoms. The Balaban J connectivity index is 1.46. The van der Waals surface area contributed by atoms with Crippen LogP contribution in [0.5, 0.6) is 0 Å². The maximum absolute atomic E-state index is 12.2. The molecule has 0 bridgehead atoms. The van der Waals surface area contributed by atoms with Crippen LogP contribution in [0.25, 0.3) is 0 Å². The van der Waals surface area contributed by atoms with E-state index in [4.69, 9.17) is 4.52 Å². The number of nitrogens with one attached hydrogen (secondary N) is 1. The summed E-state index contributed by atoms with van der Waals surface area (Å²) in [5.41, 5.74) is 1.26. The zero-order valence-electron chi connectivity index (χ0n) is 12.6. The summed E-state index contributed by atoms with van der Waals surface area (Å²) in [7, 11) is 0. The molecule has 6 heteroatoms. The predicted octanol–water partition coefficient (Wildman–Crippen LogP) is 2.42. The van der Waals surface area contributed by atoms with Crippen molar-refractivity contribution in [2.45, 2.75) is 30.1 Å². The molecule has 1 aromatic carbocycles. The van der Waals surface area contributed by atoms with E-state index in [-0.39, 0.29) is 18.1 Å². The molecule has 1 amide bonds. The molecule has 1 atom stereocenters.